The highest BCUT2D eigenvalue weighted by Gasteiger charge is 2.12. The highest BCUT2D eigenvalue weighted by molar-refractivity contribution is 5.92. The molecular formula is C45H41N6+. The lowest BCUT2D eigenvalue weighted by Crippen LogP contribution is -2.33. The lowest BCUT2D eigenvalue weighted by molar-refractivity contribution is -0.688. The fourth-order valence-corrected chi connectivity index (χ4v) is 6.05. The first-order valence-electron chi connectivity index (χ1n) is 17.1. The average Bonchev–Trinajstić information content (AvgIpc) is 3.18. The highest BCUT2D eigenvalue weighted by atomic mass is 15.1. The van der Waals surface area contributed by atoms with Crippen molar-refractivity contribution in [1.29, 1.82) is 0 Å². The van der Waals surface area contributed by atoms with Crippen molar-refractivity contribution in [1.82, 2.24) is 15.0 Å². The van der Waals surface area contributed by atoms with Crippen molar-refractivity contribution < 1.29 is 4.57 Å². The molecule has 6 nitrogen and oxygen atoms in total. The topological polar surface area (TPSA) is 49.0 Å². The van der Waals surface area contributed by atoms with Gasteiger partial charge in [-0.15, -0.1) is 0 Å². The maximum Gasteiger partial charge on any atom is 0.173 e. The van der Waals surface area contributed by atoms with E-state index in [1.165, 1.54) is 33.6 Å². The molecule has 0 N–H and O–H groups in total. The molecule has 0 saturated heterocycles. The van der Waals surface area contributed by atoms with Crippen LogP contribution in [0.2, 0.25) is 0 Å². The molecule has 0 fully saturated rings. The molecule has 4 heterocycles. The fraction of sp³-hybridized carbons (Fsp3) is 0.111. The highest BCUT2D eigenvalue weighted by Crippen LogP contribution is 2.30. The molecule has 0 aliphatic rings. The van der Waals surface area contributed by atoms with Gasteiger partial charge in [0.1, 0.15) is 0 Å². The third-order valence-corrected chi connectivity index (χ3v) is 8.95. The van der Waals surface area contributed by atoms with Crippen LogP contribution in [0.25, 0.3) is 45.6 Å². The SMILES string of the molecule is CN(C)c1ccc(C(=Cc2cc[n+](Cc3ccc(-c4cc(-c5ccccn5)nc(-c5ccccn5)c4)cc3)cc2)c2ccc(N(C)C)cc2)cc1. The standard InChI is InChI=1S/C45H41N6/c1-49(2)39-19-15-36(16-20-39)41(37-17-21-40(22-18-37)50(3)4)29-33-23-27-51(28-24-33)32-34-11-13-35(14-12-34)38-30-44(42-9-5-7-25-46-42)48-45(31-38)43-10-6-8-26-47-43/h5-31H,32H2,1-4H3/q+1. The minimum atomic E-state index is 0.768. The van der Waals surface area contributed by atoms with Crippen LogP contribution in [0.5, 0.6) is 0 Å². The van der Waals surface area contributed by atoms with Crippen molar-refractivity contribution in [3.63, 3.8) is 0 Å². The second-order valence-electron chi connectivity index (χ2n) is 13.0. The molecule has 0 spiro atoms. The largest absolute Gasteiger partial charge is 0.378 e. The molecule has 0 atom stereocenters. The summed E-state index contributed by atoms with van der Waals surface area (Å²) in [6, 6.07) is 46.7. The van der Waals surface area contributed by atoms with Crippen molar-refractivity contribution in [2.24, 2.45) is 0 Å². The van der Waals surface area contributed by atoms with Gasteiger partial charge in [-0.3, -0.25) is 9.97 Å². The van der Waals surface area contributed by atoms with E-state index in [9.17, 15) is 0 Å². The summed E-state index contributed by atoms with van der Waals surface area (Å²) >= 11 is 0. The number of benzene rings is 3. The van der Waals surface area contributed by atoms with Crippen molar-refractivity contribution in [2.75, 3.05) is 38.0 Å². The van der Waals surface area contributed by atoms with Gasteiger partial charge in [0.15, 0.2) is 18.9 Å². The molecule has 0 aliphatic heterocycles. The van der Waals surface area contributed by atoms with Gasteiger partial charge >= 0.3 is 0 Å². The quantitative estimate of drug-likeness (QED) is 0.137. The smallest absolute Gasteiger partial charge is 0.173 e. The molecule has 7 aromatic rings. The molecule has 51 heavy (non-hydrogen) atoms. The molecule has 0 bridgehead atoms. The number of pyridine rings is 4. The van der Waals surface area contributed by atoms with Crippen molar-refractivity contribution in [3.05, 3.63) is 181 Å². The summed E-state index contributed by atoms with van der Waals surface area (Å²) in [5, 5.41) is 0. The third-order valence-electron chi connectivity index (χ3n) is 8.95. The van der Waals surface area contributed by atoms with Gasteiger partial charge in [-0.05, 0) is 100 Å². The number of nitrogens with zero attached hydrogens (tertiary/aromatic N) is 6. The van der Waals surface area contributed by atoms with E-state index in [4.69, 9.17) is 4.98 Å². The van der Waals surface area contributed by atoms with Crippen LogP contribution in [-0.4, -0.2) is 43.1 Å². The van der Waals surface area contributed by atoms with Crippen molar-refractivity contribution in [3.8, 4) is 33.9 Å². The Morgan fingerprint density at radius 2 is 1.06 bits per heavy atom. The van der Waals surface area contributed by atoms with Gasteiger partial charge in [0.2, 0.25) is 0 Å². The van der Waals surface area contributed by atoms with Crippen LogP contribution in [-0.2, 0) is 6.54 Å². The van der Waals surface area contributed by atoms with Crippen LogP contribution in [0.3, 0.4) is 0 Å². The predicted octanol–water partition coefficient (Wildman–Crippen LogP) is 8.93. The number of aromatic nitrogens is 4. The monoisotopic (exact) mass is 665 g/mol. The predicted molar refractivity (Wildman–Crippen MR) is 210 cm³/mol. The van der Waals surface area contributed by atoms with Gasteiger partial charge in [0.05, 0.1) is 22.8 Å². The lowest BCUT2D eigenvalue weighted by Gasteiger charge is -2.16. The normalized spacial score (nSPS) is 10.8. The summed E-state index contributed by atoms with van der Waals surface area (Å²) in [6.45, 7) is 0.768. The summed E-state index contributed by atoms with van der Waals surface area (Å²) in [7, 11) is 8.28. The van der Waals surface area contributed by atoms with E-state index in [0.29, 0.717) is 0 Å². The Bertz CT molecular complexity index is 2110. The lowest BCUT2D eigenvalue weighted by atomic mass is 9.95. The average molecular weight is 666 g/mol. The number of anilines is 2. The first-order valence-corrected chi connectivity index (χ1v) is 17.1. The molecule has 4 aromatic heterocycles. The van der Waals surface area contributed by atoms with Crippen molar-refractivity contribution >= 4 is 23.0 Å². The first-order chi connectivity index (χ1) is 24.9. The summed E-state index contributed by atoms with van der Waals surface area (Å²) in [4.78, 5) is 18.3. The fourth-order valence-electron chi connectivity index (χ4n) is 6.05. The molecule has 3 aromatic carbocycles. The summed E-state index contributed by atoms with van der Waals surface area (Å²) in [6.07, 6.45) is 10.2. The van der Waals surface area contributed by atoms with E-state index >= 15 is 0 Å². The van der Waals surface area contributed by atoms with Crippen LogP contribution in [0, 0.1) is 0 Å². The van der Waals surface area contributed by atoms with E-state index in [1.807, 2.05) is 36.4 Å². The van der Waals surface area contributed by atoms with Gasteiger partial charge in [-0.2, -0.15) is 0 Å². The van der Waals surface area contributed by atoms with E-state index in [1.54, 1.807) is 12.4 Å². The van der Waals surface area contributed by atoms with Gasteiger partial charge in [-0.1, -0.05) is 60.7 Å². The Morgan fingerprint density at radius 3 is 1.51 bits per heavy atom. The maximum atomic E-state index is 4.92. The van der Waals surface area contributed by atoms with Gasteiger partial charge < -0.3 is 9.80 Å². The zero-order valence-electron chi connectivity index (χ0n) is 29.5. The van der Waals surface area contributed by atoms with E-state index in [2.05, 4.69) is 168 Å². The summed E-state index contributed by atoms with van der Waals surface area (Å²) in [5.74, 6) is 0. The molecule has 0 aliphatic carbocycles. The second kappa shape index (κ2) is 15.0. The summed E-state index contributed by atoms with van der Waals surface area (Å²) in [5.41, 5.74) is 13.8. The molecule has 6 heteroatoms. The number of hydrogen-bond acceptors (Lipinski definition) is 5. The molecule has 7 rings (SSSR count). The van der Waals surface area contributed by atoms with Crippen LogP contribution in [0.1, 0.15) is 22.3 Å². The van der Waals surface area contributed by atoms with E-state index in [-0.39, 0.29) is 0 Å². The van der Waals surface area contributed by atoms with Gasteiger partial charge in [-0.25, -0.2) is 9.55 Å². The number of hydrogen-bond donors (Lipinski definition) is 0. The molecule has 0 saturated carbocycles. The molecule has 250 valence electrons. The van der Waals surface area contributed by atoms with Crippen LogP contribution < -0.4 is 14.4 Å². The van der Waals surface area contributed by atoms with Crippen LogP contribution in [0.15, 0.2) is 158 Å². The Hall–Kier alpha value is -6.40. The molecule has 0 radical (unpaired) electrons. The Balaban J connectivity index is 1.13. The van der Waals surface area contributed by atoms with Gasteiger partial charge in [0, 0.05) is 69.7 Å². The Morgan fingerprint density at radius 1 is 0.549 bits per heavy atom. The van der Waals surface area contributed by atoms with Crippen molar-refractivity contribution in [2.45, 2.75) is 6.54 Å². The Kier molecular flexibility index (Phi) is 9.75. The maximum absolute atomic E-state index is 4.92. The van der Waals surface area contributed by atoms with Gasteiger partial charge in [0.25, 0.3) is 0 Å². The van der Waals surface area contributed by atoms with E-state index in [0.717, 1.165) is 46.0 Å². The molecule has 0 amide bonds. The first kappa shape index (κ1) is 33.1. The number of rotatable bonds is 10. The van der Waals surface area contributed by atoms with Crippen LogP contribution >= 0.6 is 0 Å². The molecule has 0 unspecified atom stereocenters. The molecular weight excluding hydrogens is 625 g/mol. The Labute approximate surface area is 300 Å². The zero-order valence-corrected chi connectivity index (χ0v) is 29.5. The van der Waals surface area contributed by atoms with E-state index < -0.39 is 0 Å². The zero-order chi connectivity index (χ0) is 35.2. The summed E-state index contributed by atoms with van der Waals surface area (Å²) < 4.78 is 2.22. The third kappa shape index (κ3) is 7.92. The second-order valence-corrected chi connectivity index (χ2v) is 13.0. The van der Waals surface area contributed by atoms with Crippen LogP contribution in [0.4, 0.5) is 11.4 Å². The minimum absolute atomic E-state index is 0.768. The minimum Gasteiger partial charge on any atom is -0.378 e.